The number of nitrogens with zero attached hydrogens (tertiary/aromatic N) is 1. The summed E-state index contributed by atoms with van der Waals surface area (Å²) in [5.41, 5.74) is -0.483. The van der Waals surface area contributed by atoms with Crippen LogP contribution in [0.15, 0.2) is 48.5 Å². The van der Waals surface area contributed by atoms with E-state index in [0.717, 1.165) is 17.4 Å². The van der Waals surface area contributed by atoms with Crippen LogP contribution >= 0.6 is 11.3 Å². The van der Waals surface area contributed by atoms with E-state index in [9.17, 15) is 13.6 Å². The molecule has 0 bridgehead atoms. The Morgan fingerprint density at radius 2 is 1.76 bits per heavy atom. The highest BCUT2D eigenvalue weighted by Crippen LogP contribution is 2.40. The summed E-state index contributed by atoms with van der Waals surface area (Å²) in [4.78, 5) is 15.1. The summed E-state index contributed by atoms with van der Waals surface area (Å²) in [7, 11) is 0. The number of carboxylic acids is 1. The number of fused-ring (bicyclic) bond motifs is 1. The number of aromatic nitrogens is 1. The zero-order valence-corrected chi connectivity index (χ0v) is 11.4. The van der Waals surface area contributed by atoms with E-state index < -0.39 is 28.0 Å². The van der Waals surface area contributed by atoms with Crippen molar-refractivity contribution >= 4 is 27.5 Å². The first kappa shape index (κ1) is 13.6. The molecule has 0 amide bonds. The number of alkyl halides is 2. The van der Waals surface area contributed by atoms with Crippen molar-refractivity contribution in [3.8, 4) is 0 Å². The Kier molecular flexibility index (Phi) is 3.17. The smallest absolute Gasteiger partial charge is 0.336 e. The van der Waals surface area contributed by atoms with Gasteiger partial charge < -0.3 is 5.11 Å². The van der Waals surface area contributed by atoms with Crippen LogP contribution in [0.3, 0.4) is 0 Å². The molecule has 6 heteroatoms. The van der Waals surface area contributed by atoms with Gasteiger partial charge in [-0.05, 0) is 18.2 Å². The highest BCUT2D eigenvalue weighted by atomic mass is 32.1. The highest BCUT2D eigenvalue weighted by Gasteiger charge is 2.40. The molecule has 0 unspecified atom stereocenters. The van der Waals surface area contributed by atoms with Crippen molar-refractivity contribution in [1.29, 1.82) is 0 Å². The molecule has 3 nitrogen and oxygen atoms in total. The average molecular weight is 305 g/mol. The Bertz CT molecular complexity index is 796. The summed E-state index contributed by atoms with van der Waals surface area (Å²) in [5.74, 6) is -4.83. The van der Waals surface area contributed by atoms with E-state index in [1.807, 2.05) is 0 Å². The predicted octanol–water partition coefficient (Wildman–Crippen LogP) is 4.13. The third kappa shape index (κ3) is 2.27. The molecule has 2 aromatic carbocycles. The lowest BCUT2D eigenvalue weighted by Gasteiger charge is -2.15. The van der Waals surface area contributed by atoms with Gasteiger partial charge in [-0.3, -0.25) is 0 Å². The molecule has 0 aliphatic rings. The number of hydrogen-bond acceptors (Lipinski definition) is 3. The van der Waals surface area contributed by atoms with Crippen molar-refractivity contribution in [3.05, 3.63) is 64.7 Å². The Morgan fingerprint density at radius 1 is 1.10 bits per heavy atom. The Balaban J connectivity index is 2.18. The molecule has 106 valence electrons. The van der Waals surface area contributed by atoms with Crippen LogP contribution in [-0.4, -0.2) is 16.1 Å². The van der Waals surface area contributed by atoms with E-state index in [-0.39, 0.29) is 0 Å². The third-order valence-corrected chi connectivity index (χ3v) is 4.16. The fourth-order valence-electron chi connectivity index (χ4n) is 2.07. The van der Waals surface area contributed by atoms with Crippen LogP contribution < -0.4 is 0 Å². The van der Waals surface area contributed by atoms with Crippen LogP contribution in [0.1, 0.15) is 20.9 Å². The summed E-state index contributed by atoms with van der Waals surface area (Å²) >= 11 is 0.865. The summed E-state index contributed by atoms with van der Waals surface area (Å²) < 4.78 is 29.9. The molecule has 1 N–H and O–H groups in total. The summed E-state index contributed by atoms with van der Waals surface area (Å²) in [6, 6.07) is 11.9. The first-order valence-electron chi connectivity index (χ1n) is 6.07. The average Bonchev–Trinajstić information content (AvgIpc) is 2.92. The van der Waals surface area contributed by atoms with E-state index in [4.69, 9.17) is 5.11 Å². The van der Waals surface area contributed by atoms with Gasteiger partial charge in [0.25, 0.3) is 0 Å². The lowest BCUT2D eigenvalue weighted by atomic mass is 10.0. The summed E-state index contributed by atoms with van der Waals surface area (Å²) in [6.07, 6.45) is 0. The van der Waals surface area contributed by atoms with Gasteiger partial charge in [0.15, 0.2) is 5.01 Å². The van der Waals surface area contributed by atoms with E-state index in [0.29, 0.717) is 10.2 Å². The minimum atomic E-state index is -3.45. The maximum atomic E-state index is 14.6. The highest BCUT2D eigenvalue weighted by molar-refractivity contribution is 7.18. The summed E-state index contributed by atoms with van der Waals surface area (Å²) in [6.45, 7) is 0. The number of aromatic carboxylic acids is 1. The standard InChI is InChI=1S/C15H9F2NO2S/c16-15(17,10-6-2-1-5-9(10)13(19)20)14-18-11-7-3-4-8-12(11)21-14/h1-8H,(H,19,20). The maximum Gasteiger partial charge on any atom is 0.336 e. The van der Waals surface area contributed by atoms with Crippen molar-refractivity contribution < 1.29 is 18.7 Å². The molecule has 21 heavy (non-hydrogen) atoms. The molecule has 0 spiro atoms. The normalized spacial score (nSPS) is 11.7. The monoisotopic (exact) mass is 305 g/mol. The van der Waals surface area contributed by atoms with Crippen LogP contribution in [0.2, 0.25) is 0 Å². The van der Waals surface area contributed by atoms with Gasteiger partial charge in [0.05, 0.1) is 15.8 Å². The van der Waals surface area contributed by atoms with Gasteiger partial charge in [-0.25, -0.2) is 9.78 Å². The zero-order valence-electron chi connectivity index (χ0n) is 10.6. The van der Waals surface area contributed by atoms with Gasteiger partial charge in [0.2, 0.25) is 0 Å². The molecular weight excluding hydrogens is 296 g/mol. The molecule has 0 radical (unpaired) electrons. The lowest BCUT2D eigenvalue weighted by molar-refractivity contribution is 0.0391. The molecule has 0 aliphatic carbocycles. The second kappa shape index (κ2) is 4.89. The van der Waals surface area contributed by atoms with Gasteiger partial charge in [0.1, 0.15) is 0 Å². The molecule has 0 saturated carbocycles. The molecular formula is C15H9F2NO2S. The van der Waals surface area contributed by atoms with Gasteiger partial charge in [-0.1, -0.05) is 30.3 Å². The quantitative estimate of drug-likeness (QED) is 0.791. The fraction of sp³-hybridized carbons (Fsp3) is 0.0667. The van der Waals surface area contributed by atoms with Crippen LogP contribution in [0.25, 0.3) is 10.2 Å². The van der Waals surface area contributed by atoms with Crippen molar-refractivity contribution in [2.24, 2.45) is 0 Å². The molecule has 0 atom stereocenters. The predicted molar refractivity (Wildman–Crippen MR) is 76.0 cm³/mol. The van der Waals surface area contributed by atoms with Gasteiger partial charge >= 0.3 is 11.9 Å². The molecule has 3 aromatic rings. The number of halogens is 2. The van der Waals surface area contributed by atoms with E-state index in [1.54, 1.807) is 24.3 Å². The van der Waals surface area contributed by atoms with Crippen molar-refractivity contribution in [2.45, 2.75) is 5.92 Å². The van der Waals surface area contributed by atoms with Crippen molar-refractivity contribution in [2.75, 3.05) is 0 Å². The minimum absolute atomic E-state index is 0.405. The Labute approximate surface area is 122 Å². The zero-order chi connectivity index (χ0) is 15.0. The second-order valence-electron chi connectivity index (χ2n) is 4.41. The van der Waals surface area contributed by atoms with E-state index in [1.165, 1.54) is 18.2 Å². The molecule has 0 saturated heterocycles. The minimum Gasteiger partial charge on any atom is -0.478 e. The van der Waals surface area contributed by atoms with Crippen LogP contribution in [0.5, 0.6) is 0 Å². The lowest BCUT2D eigenvalue weighted by Crippen LogP contribution is -2.19. The second-order valence-corrected chi connectivity index (χ2v) is 5.44. The topological polar surface area (TPSA) is 50.2 Å². The number of benzene rings is 2. The van der Waals surface area contributed by atoms with E-state index in [2.05, 4.69) is 4.98 Å². The molecule has 0 aliphatic heterocycles. The first-order chi connectivity index (χ1) is 10.00. The fourth-order valence-corrected chi connectivity index (χ4v) is 3.02. The third-order valence-electron chi connectivity index (χ3n) is 3.06. The Hall–Kier alpha value is -2.34. The number of para-hydroxylation sites is 1. The van der Waals surface area contributed by atoms with Gasteiger partial charge in [-0.15, -0.1) is 11.3 Å². The molecule has 0 fully saturated rings. The van der Waals surface area contributed by atoms with Crippen LogP contribution in [0, 0.1) is 0 Å². The summed E-state index contributed by atoms with van der Waals surface area (Å²) in [5, 5.41) is 8.66. The molecule has 1 heterocycles. The van der Waals surface area contributed by atoms with E-state index >= 15 is 0 Å². The van der Waals surface area contributed by atoms with Crippen LogP contribution in [-0.2, 0) is 5.92 Å². The van der Waals surface area contributed by atoms with Crippen molar-refractivity contribution in [1.82, 2.24) is 4.98 Å². The largest absolute Gasteiger partial charge is 0.478 e. The SMILES string of the molecule is O=C(O)c1ccccc1C(F)(F)c1nc2ccccc2s1. The van der Waals surface area contributed by atoms with Gasteiger partial charge in [0, 0.05) is 5.56 Å². The molecule has 1 aromatic heterocycles. The number of rotatable bonds is 3. The number of carboxylic acid groups (broad SMARTS) is 1. The number of carbonyl (C=O) groups is 1. The van der Waals surface area contributed by atoms with Crippen LogP contribution in [0.4, 0.5) is 8.78 Å². The number of hydrogen-bond donors (Lipinski definition) is 1. The first-order valence-corrected chi connectivity index (χ1v) is 6.88. The number of thiazole rings is 1. The Morgan fingerprint density at radius 3 is 2.48 bits per heavy atom. The van der Waals surface area contributed by atoms with Gasteiger partial charge in [-0.2, -0.15) is 8.78 Å². The molecule has 3 rings (SSSR count). The maximum absolute atomic E-state index is 14.6. The van der Waals surface area contributed by atoms with Crippen molar-refractivity contribution in [3.63, 3.8) is 0 Å².